The Morgan fingerprint density at radius 2 is 1.79 bits per heavy atom. The van der Waals surface area contributed by atoms with E-state index in [-0.39, 0.29) is 29.8 Å². The molecule has 0 aromatic heterocycles. The van der Waals surface area contributed by atoms with Gasteiger partial charge in [0.25, 0.3) is 11.8 Å². The monoisotopic (exact) mass is 395 g/mol. The third-order valence-corrected chi connectivity index (χ3v) is 3.72. The summed E-state index contributed by atoms with van der Waals surface area (Å²) in [6.07, 6.45) is 1.49. The van der Waals surface area contributed by atoms with Gasteiger partial charge >= 0.3 is 0 Å². The second-order valence-electron chi connectivity index (χ2n) is 6.69. The van der Waals surface area contributed by atoms with Gasteiger partial charge in [-0.3, -0.25) is 9.59 Å². The van der Waals surface area contributed by atoms with E-state index >= 15 is 0 Å². The normalized spacial score (nSPS) is 10.9. The highest BCUT2D eigenvalue weighted by Gasteiger charge is 2.09. The summed E-state index contributed by atoms with van der Waals surface area (Å²) in [7, 11) is 0. The van der Waals surface area contributed by atoms with E-state index in [0.29, 0.717) is 23.5 Å². The fourth-order valence-electron chi connectivity index (χ4n) is 2.25. The molecule has 0 aliphatic rings. The van der Waals surface area contributed by atoms with Gasteiger partial charge in [0.15, 0.2) is 6.61 Å². The highest BCUT2D eigenvalue weighted by atomic mass is 19.1. The molecular formula is C22H22FN3O3. The zero-order chi connectivity index (χ0) is 21.2. The van der Waals surface area contributed by atoms with E-state index in [4.69, 9.17) is 4.74 Å². The number of halogens is 1. The largest absolute Gasteiger partial charge is 0.484 e. The van der Waals surface area contributed by atoms with Crippen molar-refractivity contribution in [2.24, 2.45) is 5.92 Å². The molecule has 0 saturated carbocycles. The van der Waals surface area contributed by atoms with Crippen LogP contribution in [-0.2, 0) is 9.59 Å². The molecular weight excluding hydrogens is 373 g/mol. The fraction of sp³-hybridized carbons (Fsp3) is 0.227. The zero-order valence-electron chi connectivity index (χ0n) is 16.2. The number of hydrogen-bond acceptors (Lipinski definition) is 4. The van der Waals surface area contributed by atoms with Crippen molar-refractivity contribution in [3.63, 3.8) is 0 Å². The standard InChI is InChI=1S/C22H22FN3O3/c1-15(2)13-25-22(28)17(12-24)11-16-3-9-20(10-4-16)29-14-21(27)26-19-7-5-18(23)6-8-19/h3-11,15H,13-14H2,1-2H3,(H,25,28)(H,26,27)/b17-11+. The van der Waals surface area contributed by atoms with Gasteiger partial charge in [-0.1, -0.05) is 26.0 Å². The van der Waals surface area contributed by atoms with Crippen LogP contribution >= 0.6 is 0 Å². The van der Waals surface area contributed by atoms with Gasteiger partial charge in [0, 0.05) is 12.2 Å². The Balaban J connectivity index is 1.90. The van der Waals surface area contributed by atoms with Crippen LogP contribution in [0.3, 0.4) is 0 Å². The smallest absolute Gasteiger partial charge is 0.262 e. The fourth-order valence-corrected chi connectivity index (χ4v) is 2.25. The van der Waals surface area contributed by atoms with Gasteiger partial charge in [-0.05, 0) is 54.0 Å². The lowest BCUT2D eigenvalue weighted by Gasteiger charge is -2.08. The molecule has 29 heavy (non-hydrogen) atoms. The Bertz CT molecular complexity index is 914. The van der Waals surface area contributed by atoms with Crippen LogP contribution < -0.4 is 15.4 Å². The molecule has 0 aliphatic heterocycles. The predicted molar refractivity (Wildman–Crippen MR) is 108 cm³/mol. The number of nitriles is 1. The van der Waals surface area contributed by atoms with Gasteiger partial charge < -0.3 is 15.4 Å². The van der Waals surface area contributed by atoms with E-state index < -0.39 is 5.91 Å². The molecule has 2 aromatic carbocycles. The summed E-state index contributed by atoms with van der Waals surface area (Å²) in [5.74, 6) is -0.437. The number of nitrogens with one attached hydrogen (secondary N) is 2. The highest BCUT2D eigenvalue weighted by molar-refractivity contribution is 6.01. The maximum absolute atomic E-state index is 12.9. The Labute approximate surface area is 169 Å². The lowest BCUT2D eigenvalue weighted by molar-refractivity contribution is -0.118. The quantitative estimate of drug-likeness (QED) is 0.528. The average molecular weight is 395 g/mol. The van der Waals surface area contributed by atoms with E-state index in [2.05, 4.69) is 10.6 Å². The van der Waals surface area contributed by atoms with Gasteiger partial charge in [0.2, 0.25) is 0 Å². The van der Waals surface area contributed by atoms with Crippen molar-refractivity contribution in [2.75, 3.05) is 18.5 Å². The van der Waals surface area contributed by atoms with Gasteiger partial charge in [-0.15, -0.1) is 0 Å². The van der Waals surface area contributed by atoms with Crippen molar-refractivity contribution in [3.05, 3.63) is 65.5 Å². The number of nitrogens with zero attached hydrogens (tertiary/aromatic N) is 1. The second kappa shape index (κ2) is 10.6. The van der Waals surface area contributed by atoms with E-state index in [9.17, 15) is 19.2 Å². The number of benzene rings is 2. The van der Waals surface area contributed by atoms with Crippen LogP contribution in [0.25, 0.3) is 6.08 Å². The number of amides is 2. The molecule has 0 saturated heterocycles. The van der Waals surface area contributed by atoms with Gasteiger partial charge in [0.05, 0.1) is 0 Å². The third-order valence-electron chi connectivity index (χ3n) is 3.72. The van der Waals surface area contributed by atoms with Crippen LogP contribution in [0.1, 0.15) is 19.4 Å². The topological polar surface area (TPSA) is 91.2 Å². The summed E-state index contributed by atoms with van der Waals surface area (Å²) in [5, 5.41) is 14.5. The summed E-state index contributed by atoms with van der Waals surface area (Å²) in [6, 6.07) is 13.9. The molecule has 0 atom stereocenters. The SMILES string of the molecule is CC(C)CNC(=O)/C(C#N)=C/c1ccc(OCC(=O)Nc2ccc(F)cc2)cc1. The van der Waals surface area contributed by atoms with Gasteiger partial charge in [-0.2, -0.15) is 5.26 Å². The molecule has 0 unspecified atom stereocenters. The van der Waals surface area contributed by atoms with Crippen LogP contribution in [0.2, 0.25) is 0 Å². The van der Waals surface area contributed by atoms with Crippen LogP contribution in [0, 0.1) is 23.1 Å². The predicted octanol–water partition coefficient (Wildman–Crippen LogP) is 3.52. The molecule has 2 rings (SSSR count). The van der Waals surface area contributed by atoms with Gasteiger partial charge in [0.1, 0.15) is 23.2 Å². The molecule has 0 radical (unpaired) electrons. The molecule has 0 heterocycles. The Morgan fingerprint density at radius 3 is 2.38 bits per heavy atom. The van der Waals surface area contributed by atoms with E-state index in [0.717, 1.165) is 0 Å². The number of anilines is 1. The molecule has 2 aromatic rings. The molecule has 2 N–H and O–H groups in total. The molecule has 150 valence electrons. The first-order chi connectivity index (χ1) is 13.9. The maximum Gasteiger partial charge on any atom is 0.262 e. The average Bonchev–Trinajstić information content (AvgIpc) is 2.71. The van der Waals surface area contributed by atoms with Crippen LogP contribution in [0.15, 0.2) is 54.1 Å². The lowest BCUT2D eigenvalue weighted by Crippen LogP contribution is -2.28. The first kappa shape index (κ1) is 21.6. The first-order valence-corrected chi connectivity index (χ1v) is 9.05. The van der Waals surface area contributed by atoms with Crippen molar-refractivity contribution >= 4 is 23.6 Å². The molecule has 0 spiro atoms. The Morgan fingerprint density at radius 1 is 1.14 bits per heavy atom. The Kier molecular flexibility index (Phi) is 7.92. The highest BCUT2D eigenvalue weighted by Crippen LogP contribution is 2.15. The summed E-state index contributed by atoms with van der Waals surface area (Å²) in [4.78, 5) is 23.9. The van der Waals surface area contributed by atoms with E-state index in [1.54, 1.807) is 24.3 Å². The number of ether oxygens (including phenoxy) is 1. The Hall–Kier alpha value is -3.66. The van der Waals surface area contributed by atoms with Gasteiger partial charge in [-0.25, -0.2) is 4.39 Å². The summed E-state index contributed by atoms with van der Waals surface area (Å²) >= 11 is 0. The van der Waals surface area contributed by atoms with Crippen molar-refractivity contribution in [2.45, 2.75) is 13.8 Å². The van der Waals surface area contributed by atoms with Crippen molar-refractivity contribution < 1.29 is 18.7 Å². The number of rotatable bonds is 8. The molecule has 0 aliphatic carbocycles. The van der Waals surface area contributed by atoms with Crippen molar-refractivity contribution in [1.29, 1.82) is 5.26 Å². The van der Waals surface area contributed by atoms with Crippen LogP contribution in [-0.4, -0.2) is 25.0 Å². The van der Waals surface area contributed by atoms with Crippen LogP contribution in [0.4, 0.5) is 10.1 Å². The minimum Gasteiger partial charge on any atom is -0.484 e. The van der Waals surface area contributed by atoms with Crippen molar-refractivity contribution in [3.8, 4) is 11.8 Å². The number of hydrogen-bond donors (Lipinski definition) is 2. The molecule has 0 bridgehead atoms. The number of carbonyl (C=O) groups excluding carboxylic acids is 2. The summed E-state index contributed by atoms with van der Waals surface area (Å²) in [5.41, 5.74) is 1.14. The maximum atomic E-state index is 12.9. The lowest BCUT2D eigenvalue weighted by atomic mass is 10.1. The third kappa shape index (κ3) is 7.46. The first-order valence-electron chi connectivity index (χ1n) is 9.05. The van der Waals surface area contributed by atoms with E-state index in [1.165, 1.54) is 30.3 Å². The van der Waals surface area contributed by atoms with Crippen molar-refractivity contribution in [1.82, 2.24) is 5.32 Å². The molecule has 6 nitrogen and oxygen atoms in total. The second-order valence-corrected chi connectivity index (χ2v) is 6.69. The molecule has 0 fully saturated rings. The zero-order valence-corrected chi connectivity index (χ0v) is 16.2. The molecule has 7 heteroatoms. The van der Waals surface area contributed by atoms with E-state index in [1.807, 2.05) is 19.9 Å². The molecule has 2 amide bonds. The minimum atomic E-state index is -0.418. The van der Waals surface area contributed by atoms with Crippen LogP contribution in [0.5, 0.6) is 5.75 Å². The minimum absolute atomic E-state index is 0.0120. The summed E-state index contributed by atoms with van der Waals surface area (Å²) < 4.78 is 18.3. The summed E-state index contributed by atoms with van der Waals surface area (Å²) in [6.45, 7) is 4.21. The number of carbonyl (C=O) groups is 2.